The molecule has 6 heteroatoms. The molecule has 1 aromatic rings. The molecule has 130 valence electrons. The number of ether oxygens (including phenoxy) is 1. The van der Waals surface area contributed by atoms with Gasteiger partial charge in [-0.3, -0.25) is 0 Å². The van der Waals surface area contributed by atoms with Crippen molar-refractivity contribution in [3.05, 3.63) is 23.3 Å². The summed E-state index contributed by atoms with van der Waals surface area (Å²) in [5.74, 6) is 1.32. The van der Waals surface area contributed by atoms with Crippen LogP contribution in [0.1, 0.15) is 31.4 Å². The van der Waals surface area contributed by atoms with E-state index in [1.807, 2.05) is 0 Å². The summed E-state index contributed by atoms with van der Waals surface area (Å²) in [6.07, 6.45) is 0.686. The number of aryl methyl sites for hydroxylation is 2. The lowest BCUT2D eigenvalue weighted by atomic mass is 9.86. The zero-order valence-corrected chi connectivity index (χ0v) is 15.4. The highest BCUT2D eigenvalue weighted by Gasteiger charge is 2.39. The van der Waals surface area contributed by atoms with E-state index in [0.717, 1.165) is 0 Å². The van der Waals surface area contributed by atoms with Crippen LogP contribution in [0.3, 0.4) is 0 Å². The van der Waals surface area contributed by atoms with Crippen LogP contribution in [0, 0.1) is 25.7 Å². The van der Waals surface area contributed by atoms with Gasteiger partial charge >= 0.3 is 0 Å². The van der Waals surface area contributed by atoms with Crippen LogP contribution in [0.25, 0.3) is 0 Å². The molecule has 1 aromatic carbocycles. The Labute approximate surface area is 139 Å². The Morgan fingerprint density at radius 1 is 1.22 bits per heavy atom. The summed E-state index contributed by atoms with van der Waals surface area (Å²) in [6, 6.07) is 3.13. The first-order valence-corrected chi connectivity index (χ1v) is 9.44. The first-order chi connectivity index (χ1) is 10.7. The lowest BCUT2D eigenvalue weighted by Crippen LogP contribution is -2.50. The van der Waals surface area contributed by atoms with Gasteiger partial charge in [-0.15, -0.1) is 0 Å². The molecule has 23 heavy (non-hydrogen) atoms. The molecule has 2 rings (SSSR count). The average Bonchev–Trinajstić information content (AvgIpc) is 2.48. The molecule has 0 bridgehead atoms. The van der Waals surface area contributed by atoms with E-state index >= 15 is 0 Å². The minimum Gasteiger partial charge on any atom is -0.497 e. The monoisotopic (exact) mass is 341 g/mol. The average molecular weight is 341 g/mol. The van der Waals surface area contributed by atoms with Gasteiger partial charge in [0.2, 0.25) is 10.0 Å². The summed E-state index contributed by atoms with van der Waals surface area (Å²) in [6.45, 7) is 8.04. The van der Waals surface area contributed by atoms with Gasteiger partial charge in [-0.25, -0.2) is 8.42 Å². The number of aliphatic hydroxyl groups is 1. The van der Waals surface area contributed by atoms with Gasteiger partial charge in [-0.05, 0) is 55.4 Å². The quantitative estimate of drug-likeness (QED) is 0.913. The Morgan fingerprint density at radius 2 is 1.78 bits per heavy atom. The van der Waals surface area contributed by atoms with E-state index in [0.29, 0.717) is 40.7 Å². The topological polar surface area (TPSA) is 66.8 Å². The van der Waals surface area contributed by atoms with Crippen molar-refractivity contribution in [2.24, 2.45) is 11.8 Å². The van der Waals surface area contributed by atoms with Crippen LogP contribution >= 0.6 is 0 Å². The van der Waals surface area contributed by atoms with Crippen molar-refractivity contribution in [2.45, 2.75) is 45.1 Å². The lowest BCUT2D eigenvalue weighted by Gasteiger charge is -2.40. The van der Waals surface area contributed by atoms with Crippen LogP contribution in [-0.4, -0.2) is 44.1 Å². The van der Waals surface area contributed by atoms with Gasteiger partial charge in [-0.2, -0.15) is 4.31 Å². The number of sulfonamides is 1. The third-order valence-corrected chi connectivity index (χ3v) is 7.16. The van der Waals surface area contributed by atoms with E-state index in [1.54, 1.807) is 33.1 Å². The summed E-state index contributed by atoms with van der Waals surface area (Å²) >= 11 is 0. The molecule has 5 nitrogen and oxygen atoms in total. The highest BCUT2D eigenvalue weighted by atomic mass is 32.2. The minimum absolute atomic E-state index is 0.148. The number of hydrogen-bond acceptors (Lipinski definition) is 4. The largest absolute Gasteiger partial charge is 0.497 e. The molecule has 3 atom stereocenters. The molecule has 0 saturated carbocycles. The number of piperidine rings is 1. The van der Waals surface area contributed by atoms with Crippen LogP contribution in [0.15, 0.2) is 17.0 Å². The third-order valence-electron chi connectivity index (χ3n) is 4.94. The summed E-state index contributed by atoms with van der Waals surface area (Å²) in [5, 5.41) is 9.67. The zero-order chi connectivity index (χ0) is 17.4. The van der Waals surface area contributed by atoms with Gasteiger partial charge in [0.05, 0.1) is 18.6 Å². The smallest absolute Gasteiger partial charge is 0.243 e. The van der Waals surface area contributed by atoms with Gasteiger partial charge in [0.15, 0.2) is 0 Å². The lowest BCUT2D eigenvalue weighted by molar-refractivity contribution is 0.0988. The van der Waals surface area contributed by atoms with Crippen molar-refractivity contribution in [3.63, 3.8) is 0 Å². The van der Waals surface area contributed by atoms with Gasteiger partial charge in [0.25, 0.3) is 0 Å². The Hall–Kier alpha value is -1.11. The third kappa shape index (κ3) is 3.39. The van der Waals surface area contributed by atoms with Crippen molar-refractivity contribution >= 4 is 10.0 Å². The number of nitrogens with zero attached hydrogens (tertiary/aromatic N) is 1. The van der Waals surface area contributed by atoms with Gasteiger partial charge in [0, 0.05) is 12.6 Å². The van der Waals surface area contributed by atoms with E-state index in [4.69, 9.17) is 4.74 Å². The molecule has 1 N–H and O–H groups in total. The predicted octanol–water partition coefficient (Wildman–Crippen LogP) is 2.34. The molecule has 1 saturated heterocycles. The van der Waals surface area contributed by atoms with Crippen LogP contribution in [0.2, 0.25) is 0 Å². The predicted molar refractivity (Wildman–Crippen MR) is 90.2 cm³/mol. The summed E-state index contributed by atoms with van der Waals surface area (Å²) in [5.41, 5.74) is 1.34. The van der Waals surface area contributed by atoms with Gasteiger partial charge in [0.1, 0.15) is 5.75 Å². The molecule has 0 amide bonds. The van der Waals surface area contributed by atoms with E-state index < -0.39 is 10.0 Å². The van der Waals surface area contributed by atoms with Gasteiger partial charge in [-0.1, -0.05) is 13.8 Å². The first kappa shape index (κ1) is 18.2. The summed E-state index contributed by atoms with van der Waals surface area (Å²) in [7, 11) is -2.08. The maximum atomic E-state index is 13.2. The fourth-order valence-electron chi connectivity index (χ4n) is 3.40. The van der Waals surface area contributed by atoms with Crippen LogP contribution in [-0.2, 0) is 10.0 Å². The molecule has 0 aliphatic carbocycles. The van der Waals surface area contributed by atoms with E-state index in [-0.39, 0.29) is 18.6 Å². The number of benzene rings is 1. The normalized spacial score (nSPS) is 26.3. The molecule has 0 spiro atoms. The molecule has 1 heterocycles. The van der Waals surface area contributed by atoms with Crippen molar-refractivity contribution in [1.29, 1.82) is 0 Å². The number of rotatable bonds is 4. The van der Waals surface area contributed by atoms with Crippen LogP contribution in [0.5, 0.6) is 5.75 Å². The fraction of sp³-hybridized carbons (Fsp3) is 0.647. The first-order valence-electron chi connectivity index (χ1n) is 8.00. The Bertz CT molecular complexity index is 648. The summed E-state index contributed by atoms with van der Waals surface area (Å²) in [4.78, 5) is 0.332. The molecule has 1 aliphatic heterocycles. The van der Waals surface area contributed by atoms with Gasteiger partial charge < -0.3 is 9.84 Å². The highest BCUT2D eigenvalue weighted by Crippen LogP contribution is 2.34. The Balaban J connectivity index is 2.49. The number of methoxy groups -OCH3 is 1. The highest BCUT2D eigenvalue weighted by molar-refractivity contribution is 7.89. The zero-order valence-electron chi connectivity index (χ0n) is 14.5. The van der Waals surface area contributed by atoms with Crippen LogP contribution < -0.4 is 4.74 Å². The second-order valence-electron chi connectivity index (χ2n) is 6.69. The SMILES string of the molecule is COc1cc(C)c(S(=O)(=O)N2CC(C)C(C)C[C@H]2CO)c(C)c1. The van der Waals surface area contributed by atoms with Crippen molar-refractivity contribution in [3.8, 4) is 5.75 Å². The van der Waals surface area contributed by atoms with E-state index in [1.165, 1.54) is 4.31 Å². The Morgan fingerprint density at radius 3 is 2.26 bits per heavy atom. The number of hydrogen-bond donors (Lipinski definition) is 1. The summed E-state index contributed by atoms with van der Waals surface area (Å²) < 4.78 is 33.1. The molecule has 2 unspecified atom stereocenters. The second-order valence-corrected chi connectivity index (χ2v) is 8.52. The molecule has 1 aliphatic rings. The standard InChI is InChI=1S/C17H27NO4S/c1-11-6-15(10-19)18(9-14(11)4)23(20,21)17-12(2)7-16(22-5)8-13(17)3/h7-8,11,14-15,19H,6,9-10H2,1-5H3/t11?,14?,15-/m0/s1. The van der Waals surface area contributed by atoms with Crippen molar-refractivity contribution in [1.82, 2.24) is 4.31 Å². The molecular formula is C17H27NO4S. The van der Waals surface area contributed by atoms with Crippen molar-refractivity contribution < 1.29 is 18.3 Å². The van der Waals surface area contributed by atoms with Crippen molar-refractivity contribution in [2.75, 3.05) is 20.3 Å². The molecule has 0 radical (unpaired) electrons. The maximum absolute atomic E-state index is 13.2. The fourth-order valence-corrected chi connectivity index (χ4v) is 5.55. The molecule has 1 fully saturated rings. The number of aliphatic hydroxyl groups excluding tert-OH is 1. The van der Waals surface area contributed by atoms with E-state index in [2.05, 4.69) is 13.8 Å². The molecule has 0 aromatic heterocycles. The molecular weight excluding hydrogens is 314 g/mol. The maximum Gasteiger partial charge on any atom is 0.243 e. The minimum atomic E-state index is -3.65. The second kappa shape index (κ2) is 6.79. The van der Waals surface area contributed by atoms with E-state index in [9.17, 15) is 13.5 Å². The Kier molecular flexibility index (Phi) is 5.38. The van der Waals surface area contributed by atoms with Crippen LogP contribution in [0.4, 0.5) is 0 Å².